The standard InChI is InChI=1S/C16H11N3O2/c17-10-13-8-4-5-9-14(13)20-11-15-18-16(21-19-15)12-6-2-1-3-7-12/h1-9H,11H2. The van der Waals surface area contributed by atoms with Crippen LogP contribution >= 0.6 is 0 Å². The fourth-order valence-corrected chi connectivity index (χ4v) is 1.84. The molecule has 102 valence electrons. The highest BCUT2D eigenvalue weighted by molar-refractivity contribution is 5.52. The highest BCUT2D eigenvalue weighted by Gasteiger charge is 2.09. The van der Waals surface area contributed by atoms with Gasteiger partial charge in [-0.15, -0.1) is 0 Å². The zero-order chi connectivity index (χ0) is 14.5. The van der Waals surface area contributed by atoms with Crippen LogP contribution in [0.2, 0.25) is 0 Å². The monoisotopic (exact) mass is 277 g/mol. The third-order valence-electron chi connectivity index (χ3n) is 2.85. The zero-order valence-electron chi connectivity index (χ0n) is 11.1. The van der Waals surface area contributed by atoms with Crippen LogP contribution in [0.5, 0.6) is 5.75 Å². The van der Waals surface area contributed by atoms with Gasteiger partial charge in [0, 0.05) is 5.56 Å². The first-order chi connectivity index (χ1) is 10.4. The van der Waals surface area contributed by atoms with Crippen molar-refractivity contribution in [1.82, 2.24) is 10.1 Å². The molecule has 3 rings (SSSR count). The van der Waals surface area contributed by atoms with E-state index in [-0.39, 0.29) is 6.61 Å². The van der Waals surface area contributed by atoms with Crippen LogP contribution < -0.4 is 4.74 Å². The Morgan fingerprint density at radius 2 is 1.81 bits per heavy atom. The number of rotatable bonds is 4. The molecule has 5 heteroatoms. The molecule has 0 aliphatic heterocycles. The van der Waals surface area contributed by atoms with E-state index in [4.69, 9.17) is 14.5 Å². The van der Waals surface area contributed by atoms with Crippen LogP contribution in [-0.4, -0.2) is 10.1 Å². The van der Waals surface area contributed by atoms with Crippen molar-refractivity contribution in [3.05, 3.63) is 66.0 Å². The lowest BCUT2D eigenvalue weighted by Gasteiger charge is -2.04. The van der Waals surface area contributed by atoms with Crippen LogP contribution in [-0.2, 0) is 6.61 Å². The molecular weight excluding hydrogens is 266 g/mol. The van der Waals surface area contributed by atoms with E-state index in [2.05, 4.69) is 16.2 Å². The molecule has 0 saturated carbocycles. The van der Waals surface area contributed by atoms with Crippen molar-refractivity contribution < 1.29 is 9.26 Å². The van der Waals surface area contributed by atoms with E-state index in [1.54, 1.807) is 18.2 Å². The first-order valence-electron chi connectivity index (χ1n) is 6.37. The molecule has 5 nitrogen and oxygen atoms in total. The average molecular weight is 277 g/mol. The Bertz CT molecular complexity index is 775. The summed E-state index contributed by atoms with van der Waals surface area (Å²) in [6.45, 7) is 0.148. The van der Waals surface area contributed by atoms with Gasteiger partial charge < -0.3 is 9.26 Å². The van der Waals surface area contributed by atoms with Gasteiger partial charge in [-0.05, 0) is 24.3 Å². The lowest BCUT2D eigenvalue weighted by atomic mass is 10.2. The van der Waals surface area contributed by atoms with Gasteiger partial charge in [0.25, 0.3) is 5.89 Å². The van der Waals surface area contributed by atoms with Crippen molar-refractivity contribution in [2.24, 2.45) is 0 Å². The summed E-state index contributed by atoms with van der Waals surface area (Å²) in [5, 5.41) is 12.9. The highest BCUT2D eigenvalue weighted by Crippen LogP contribution is 2.19. The van der Waals surface area contributed by atoms with Crippen molar-refractivity contribution in [1.29, 1.82) is 5.26 Å². The molecule has 0 bridgehead atoms. The van der Waals surface area contributed by atoms with Crippen molar-refractivity contribution in [2.45, 2.75) is 6.61 Å². The van der Waals surface area contributed by atoms with E-state index in [9.17, 15) is 0 Å². The molecule has 21 heavy (non-hydrogen) atoms. The van der Waals surface area contributed by atoms with Gasteiger partial charge in [0.15, 0.2) is 6.61 Å². The molecule has 0 spiro atoms. The molecule has 0 N–H and O–H groups in total. The van der Waals surface area contributed by atoms with Crippen LogP contribution in [0.15, 0.2) is 59.1 Å². The first kappa shape index (κ1) is 12.9. The number of nitriles is 1. The smallest absolute Gasteiger partial charge is 0.258 e. The van der Waals surface area contributed by atoms with E-state index in [0.717, 1.165) is 5.56 Å². The minimum atomic E-state index is 0.148. The van der Waals surface area contributed by atoms with Gasteiger partial charge in [0.1, 0.15) is 11.8 Å². The van der Waals surface area contributed by atoms with E-state index in [1.165, 1.54) is 0 Å². The molecule has 0 unspecified atom stereocenters. The van der Waals surface area contributed by atoms with Crippen LogP contribution in [0.4, 0.5) is 0 Å². The second-order valence-corrected chi connectivity index (χ2v) is 4.28. The van der Waals surface area contributed by atoms with Gasteiger partial charge in [0.05, 0.1) is 5.56 Å². The molecule has 0 radical (unpaired) electrons. The van der Waals surface area contributed by atoms with Gasteiger partial charge in [-0.2, -0.15) is 10.2 Å². The lowest BCUT2D eigenvalue weighted by molar-refractivity contribution is 0.286. The molecule has 3 aromatic rings. The Balaban J connectivity index is 1.72. The van der Waals surface area contributed by atoms with Crippen molar-refractivity contribution >= 4 is 0 Å². The van der Waals surface area contributed by atoms with Gasteiger partial charge in [-0.25, -0.2) is 0 Å². The maximum Gasteiger partial charge on any atom is 0.258 e. The summed E-state index contributed by atoms with van der Waals surface area (Å²) in [5.41, 5.74) is 1.33. The summed E-state index contributed by atoms with van der Waals surface area (Å²) in [6.07, 6.45) is 0. The summed E-state index contributed by atoms with van der Waals surface area (Å²) in [6, 6.07) is 18.6. The molecule has 0 fully saturated rings. The van der Waals surface area contributed by atoms with E-state index < -0.39 is 0 Å². The summed E-state index contributed by atoms with van der Waals surface area (Å²) >= 11 is 0. The number of para-hydroxylation sites is 1. The second-order valence-electron chi connectivity index (χ2n) is 4.28. The van der Waals surface area contributed by atoms with Crippen molar-refractivity contribution in [3.8, 4) is 23.3 Å². The zero-order valence-corrected chi connectivity index (χ0v) is 11.1. The molecule has 0 aliphatic carbocycles. The van der Waals surface area contributed by atoms with Crippen LogP contribution in [0, 0.1) is 11.3 Å². The minimum absolute atomic E-state index is 0.148. The third kappa shape index (κ3) is 2.90. The molecule has 0 saturated heterocycles. The Hall–Kier alpha value is -3.13. The molecule has 1 aromatic heterocycles. The number of hydrogen-bond donors (Lipinski definition) is 0. The fourth-order valence-electron chi connectivity index (χ4n) is 1.84. The summed E-state index contributed by atoms with van der Waals surface area (Å²) in [4.78, 5) is 4.27. The second kappa shape index (κ2) is 5.88. The molecule has 2 aromatic carbocycles. The maximum absolute atomic E-state index is 8.99. The normalized spacial score (nSPS) is 10.0. The quantitative estimate of drug-likeness (QED) is 0.732. The Labute approximate surface area is 121 Å². The van der Waals surface area contributed by atoms with Crippen LogP contribution in [0.1, 0.15) is 11.4 Å². The fraction of sp³-hybridized carbons (Fsp3) is 0.0625. The van der Waals surface area contributed by atoms with Gasteiger partial charge in [-0.3, -0.25) is 0 Å². The first-order valence-corrected chi connectivity index (χ1v) is 6.37. The predicted molar refractivity (Wildman–Crippen MR) is 75.2 cm³/mol. The summed E-state index contributed by atoms with van der Waals surface area (Å²) in [7, 11) is 0. The van der Waals surface area contributed by atoms with Gasteiger partial charge in [-0.1, -0.05) is 35.5 Å². The lowest BCUT2D eigenvalue weighted by Crippen LogP contribution is -1.99. The van der Waals surface area contributed by atoms with Crippen molar-refractivity contribution in [3.63, 3.8) is 0 Å². The number of nitrogens with zero attached hydrogens (tertiary/aromatic N) is 3. The van der Waals surface area contributed by atoms with Gasteiger partial charge in [0.2, 0.25) is 5.82 Å². The average Bonchev–Trinajstić information content (AvgIpc) is 3.03. The predicted octanol–water partition coefficient (Wildman–Crippen LogP) is 3.19. The van der Waals surface area contributed by atoms with Crippen LogP contribution in [0.25, 0.3) is 11.5 Å². The van der Waals surface area contributed by atoms with E-state index in [1.807, 2.05) is 36.4 Å². The molecular formula is C16H11N3O2. The highest BCUT2D eigenvalue weighted by atomic mass is 16.5. The number of aromatic nitrogens is 2. The maximum atomic E-state index is 8.99. The van der Waals surface area contributed by atoms with Crippen molar-refractivity contribution in [2.75, 3.05) is 0 Å². The largest absolute Gasteiger partial charge is 0.484 e. The number of hydrogen-bond acceptors (Lipinski definition) is 5. The summed E-state index contributed by atoms with van der Waals surface area (Å²) in [5.74, 6) is 1.38. The third-order valence-corrected chi connectivity index (χ3v) is 2.85. The topological polar surface area (TPSA) is 71.9 Å². The molecule has 0 amide bonds. The Morgan fingerprint density at radius 1 is 1.05 bits per heavy atom. The van der Waals surface area contributed by atoms with Crippen LogP contribution in [0.3, 0.4) is 0 Å². The van der Waals surface area contributed by atoms with E-state index in [0.29, 0.717) is 23.0 Å². The number of benzene rings is 2. The minimum Gasteiger partial charge on any atom is -0.484 e. The van der Waals surface area contributed by atoms with Gasteiger partial charge >= 0.3 is 0 Å². The Kier molecular flexibility index (Phi) is 3.61. The Morgan fingerprint density at radius 3 is 2.62 bits per heavy atom. The van der Waals surface area contributed by atoms with E-state index >= 15 is 0 Å². The molecule has 0 atom stereocenters. The molecule has 0 aliphatic rings. The molecule has 1 heterocycles. The number of ether oxygens (including phenoxy) is 1. The SMILES string of the molecule is N#Cc1ccccc1OCc1noc(-c2ccccc2)n1. The summed E-state index contributed by atoms with van der Waals surface area (Å²) < 4.78 is 10.7.